The van der Waals surface area contributed by atoms with Crippen LogP contribution < -0.4 is 9.46 Å². The molecule has 1 aliphatic carbocycles. The van der Waals surface area contributed by atoms with E-state index in [2.05, 4.69) is 15.1 Å². The van der Waals surface area contributed by atoms with Gasteiger partial charge in [-0.15, -0.1) is 0 Å². The smallest absolute Gasteiger partial charge is 0.268 e. The summed E-state index contributed by atoms with van der Waals surface area (Å²) < 4.78 is 91.7. The van der Waals surface area contributed by atoms with Gasteiger partial charge in [-0.3, -0.25) is 9.40 Å². The summed E-state index contributed by atoms with van der Waals surface area (Å²) in [4.78, 5) is 6.07. The summed E-state index contributed by atoms with van der Waals surface area (Å²) in [6, 6.07) is 4.22. The monoisotopic (exact) mass is 485 g/mol. The van der Waals surface area contributed by atoms with Crippen molar-refractivity contribution in [3.63, 3.8) is 0 Å². The molecule has 2 atom stereocenters. The summed E-state index contributed by atoms with van der Waals surface area (Å²) in [7, 11) is -3.05. The van der Waals surface area contributed by atoms with Crippen molar-refractivity contribution in [2.45, 2.75) is 42.1 Å². The van der Waals surface area contributed by atoms with Crippen LogP contribution in [0.5, 0.6) is 5.75 Å². The molecule has 0 amide bonds. The third-order valence-electron chi connectivity index (χ3n) is 5.35. The fraction of sp³-hybridized carbons (Fsp3) is 0.350. The maximum atomic E-state index is 14.7. The van der Waals surface area contributed by atoms with E-state index in [1.54, 1.807) is 13.1 Å². The molecule has 0 saturated heterocycles. The van der Waals surface area contributed by atoms with Crippen LogP contribution in [0.4, 0.5) is 23.4 Å². The van der Waals surface area contributed by atoms with Gasteiger partial charge in [0, 0.05) is 56.0 Å². The lowest BCUT2D eigenvalue weighted by Gasteiger charge is -2.36. The lowest BCUT2D eigenvalue weighted by Crippen LogP contribution is -2.38. The first-order chi connectivity index (χ1) is 15.6. The molecule has 0 radical (unpaired) electrons. The van der Waals surface area contributed by atoms with E-state index in [1.165, 1.54) is 23.1 Å². The largest absolute Gasteiger partial charge is 0.490 e. The molecule has 2 unspecified atom stereocenters. The number of nitrogens with one attached hydrogen (secondary N) is 1. The predicted molar refractivity (Wildman–Crippen MR) is 108 cm³/mol. The van der Waals surface area contributed by atoms with Gasteiger partial charge in [-0.1, -0.05) is 0 Å². The zero-order valence-corrected chi connectivity index (χ0v) is 18.1. The third kappa shape index (κ3) is 4.92. The Morgan fingerprint density at radius 1 is 1.18 bits per heavy atom. The zero-order valence-electron chi connectivity index (χ0n) is 17.3. The standard InChI is InChI=1S/C20H19F4N5O3S/c1-29-16(3-7-27-29)13-10-20(23,24)5-2-17(13)32-12-8-14(21)19(15(22)9-12)33(30,31)28-18-4-6-25-11-26-18/h3-4,6-9,11,13,17H,2,5,10H2,1H3,(H,25,26,28). The Labute approximate surface area is 186 Å². The second-order valence-electron chi connectivity index (χ2n) is 7.66. The summed E-state index contributed by atoms with van der Waals surface area (Å²) in [5.74, 6) is -6.99. The molecule has 1 aliphatic rings. The molecule has 1 saturated carbocycles. The number of rotatable bonds is 6. The molecule has 0 aliphatic heterocycles. The number of halogens is 4. The summed E-state index contributed by atoms with van der Waals surface area (Å²) in [5.41, 5.74) is 0.494. The molecule has 0 bridgehead atoms. The molecule has 13 heteroatoms. The highest BCUT2D eigenvalue weighted by Crippen LogP contribution is 2.43. The molecule has 4 rings (SSSR count). The van der Waals surface area contributed by atoms with Gasteiger partial charge >= 0.3 is 0 Å². The molecule has 1 aromatic carbocycles. The van der Waals surface area contributed by atoms with E-state index >= 15 is 0 Å². The maximum absolute atomic E-state index is 14.7. The number of aryl methyl sites for hydroxylation is 1. The molecule has 2 heterocycles. The SMILES string of the molecule is Cn1nccc1C1CC(F)(F)CCC1Oc1cc(F)c(S(=O)(=O)Nc2ccncn2)c(F)c1. The van der Waals surface area contributed by atoms with E-state index < -0.39 is 57.3 Å². The van der Waals surface area contributed by atoms with Gasteiger partial charge in [0.05, 0.1) is 0 Å². The van der Waals surface area contributed by atoms with Crippen LogP contribution in [0.2, 0.25) is 0 Å². The van der Waals surface area contributed by atoms with Crippen molar-refractivity contribution in [3.05, 3.63) is 60.3 Å². The van der Waals surface area contributed by atoms with Crippen LogP contribution in [-0.2, 0) is 17.1 Å². The van der Waals surface area contributed by atoms with Crippen LogP contribution in [0, 0.1) is 11.6 Å². The van der Waals surface area contributed by atoms with Gasteiger partial charge < -0.3 is 4.74 Å². The Morgan fingerprint density at radius 3 is 2.52 bits per heavy atom. The number of sulfonamides is 1. The van der Waals surface area contributed by atoms with Gasteiger partial charge in [0.25, 0.3) is 10.0 Å². The summed E-state index contributed by atoms with van der Waals surface area (Å²) in [6.07, 6.45) is 1.92. The third-order valence-corrected chi connectivity index (χ3v) is 6.75. The van der Waals surface area contributed by atoms with Gasteiger partial charge in [-0.2, -0.15) is 5.10 Å². The fourth-order valence-electron chi connectivity index (χ4n) is 3.87. The van der Waals surface area contributed by atoms with Crippen molar-refractivity contribution in [1.29, 1.82) is 0 Å². The van der Waals surface area contributed by atoms with Crippen LogP contribution in [0.1, 0.15) is 30.9 Å². The Balaban J connectivity index is 1.61. The number of ether oxygens (including phenoxy) is 1. The molecular weight excluding hydrogens is 466 g/mol. The minimum Gasteiger partial charge on any atom is -0.490 e. The second-order valence-corrected chi connectivity index (χ2v) is 9.28. The van der Waals surface area contributed by atoms with Gasteiger partial charge in [0.2, 0.25) is 5.92 Å². The van der Waals surface area contributed by atoms with Crippen molar-refractivity contribution >= 4 is 15.8 Å². The number of hydrogen-bond donors (Lipinski definition) is 1. The minimum atomic E-state index is -4.65. The minimum absolute atomic E-state index is 0.0681. The highest BCUT2D eigenvalue weighted by atomic mass is 32.2. The zero-order chi connectivity index (χ0) is 23.8. The predicted octanol–water partition coefficient (Wildman–Crippen LogP) is 3.64. The van der Waals surface area contributed by atoms with Crippen LogP contribution in [-0.4, -0.2) is 40.2 Å². The number of aromatic nitrogens is 4. The van der Waals surface area contributed by atoms with E-state index in [-0.39, 0.29) is 18.0 Å². The molecular formula is C20H19F4N5O3S. The van der Waals surface area contributed by atoms with Crippen LogP contribution in [0.15, 0.2) is 47.9 Å². The van der Waals surface area contributed by atoms with E-state index in [1.807, 2.05) is 4.72 Å². The number of alkyl halides is 2. The summed E-state index contributed by atoms with van der Waals surface area (Å²) >= 11 is 0. The Kier molecular flexibility index (Phi) is 5.99. The molecule has 2 aromatic heterocycles. The average Bonchev–Trinajstić information content (AvgIpc) is 3.14. The Hall–Kier alpha value is -3.22. The van der Waals surface area contributed by atoms with Crippen molar-refractivity contribution in [1.82, 2.24) is 19.7 Å². The van der Waals surface area contributed by atoms with Crippen LogP contribution in [0.25, 0.3) is 0 Å². The molecule has 33 heavy (non-hydrogen) atoms. The van der Waals surface area contributed by atoms with Gasteiger partial charge in [-0.25, -0.2) is 35.9 Å². The first-order valence-corrected chi connectivity index (χ1v) is 11.3. The fourth-order valence-corrected chi connectivity index (χ4v) is 5.00. The van der Waals surface area contributed by atoms with Crippen molar-refractivity contribution in [3.8, 4) is 5.75 Å². The first-order valence-electron chi connectivity index (χ1n) is 9.86. The molecule has 176 valence electrons. The summed E-state index contributed by atoms with van der Waals surface area (Å²) in [6.45, 7) is 0. The molecule has 3 aromatic rings. The van der Waals surface area contributed by atoms with E-state index in [0.717, 1.165) is 6.33 Å². The molecule has 8 nitrogen and oxygen atoms in total. The maximum Gasteiger partial charge on any atom is 0.268 e. The topological polar surface area (TPSA) is 99.0 Å². The normalized spacial score (nSPS) is 20.4. The number of hydrogen-bond acceptors (Lipinski definition) is 6. The molecule has 0 spiro atoms. The van der Waals surface area contributed by atoms with E-state index in [0.29, 0.717) is 17.8 Å². The number of anilines is 1. The van der Waals surface area contributed by atoms with E-state index in [9.17, 15) is 26.0 Å². The lowest BCUT2D eigenvalue weighted by molar-refractivity contribution is -0.0698. The Bertz CT molecular complexity index is 1230. The average molecular weight is 485 g/mol. The van der Waals surface area contributed by atoms with Crippen molar-refractivity contribution < 1.29 is 30.7 Å². The summed E-state index contributed by atoms with van der Waals surface area (Å²) in [5, 5.41) is 4.00. The first kappa shape index (κ1) is 23.0. The number of benzene rings is 1. The van der Waals surface area contributed by atoms with Crippen molar-refractivity contribution in [2.24, 2.45) is 7.05 Å². The quantitative estimate of drug-likeness (QED) is 0.536. The Morgan fingerprint density at radius 2 is 1.91 bits per heavy atom. The molecule has 1 fully saturated rings. The van der Waals surface area contributed by atoms with Crippen molar-refractivity contribution in [2.75, 3.05) is 4.72 Å². The van der Waals surface area contributed by atoms with Gasteiger partial charge in [0.1, 0.15) is 35.6 Å². The van der Waals surface area contributed by atoms with Crippen LogP contribution in [0.3, 0.4) is 0 Å². The molecule has 1 N–H and O–H groups in total. The number of nitrogens with zero attached hydrogens (tertiary/aromatic N) is 4. The van der Waals surface area contributed by atoms with Gasteiger partial charge in [-0.05, 0) is 18.6 Å². The second kappa shape index (κ2) is 8.61. The van der Waals surface area contributed by atoms with E-state index in [4.69, 9.17) is 4.74 Å². The van der Waals surface area contributed by atoms with Gasteiger partial charge in [0.15, 0.2) is 4.90 Å². The van der Waals surface area contributed by atoms with Crippen LogP contribution >= 0.6 is 0 Å². The highest BCUT2D eigenvalue weighted by Gasteiger charge is 2.44. The lowest BCUT2D eigenvalue weighted by atomic mass is 9.81. The highest BCUT2D eigenvalue weighted by molar-refractivity contribution is 7.92.